The van der Waals surface area contributed by atoms with Crippen molar-refractivity contribution in [2.45, 2.75) is 38.3 Å². The summed E-state index contributed by atoms with van der Waals surface area (Å²) < 4.78 is 0. The third kappa shape index (κ3) is 2.99. The van der Waals surface area contributed by atoms with Crippen LogP contribution in [-0.4, -0.2) is 73.0 Å². The van der Waals surface area contributed by atoms with Gasteiger partial charge in [-0.2, -0.15) is 0 Å². The fourth-order valence-electron chi connectivity index (χ4n) is 3.07. The number of nitrogens with zero attached hydrogens (tertiary/aromatic N) is 3. The highest BCUT2D eigenvalue weighted by Gasteiger charge is 2.31. The van der Waals surface area contributed by atoms with Crippen LogP contribution in [0.5, 0.6) is 0 Å². The molecule has 17 heavy (non-hydrogen) atoms. The quantitative estimate of drug-likeness (QED) is 0.707. The Morgan fingerprint density at radius 1 is 1.12 bits per heavy atom. The summed E-state index contributed by atoms with van der Waals surface area (Å²) in [5, 5.41) is 0. The zero-order chi connectivity index (χ0) is 12.4. The van der Waals surface area contributed by atoms with Crippen LogP contribution in [0.1, 0.15) is 26.2 Å². The molecular formula is C13H25N3O. The fourth-order valence-corrected chi connectivity index (χ4v) is 3.07. The topological polar surface area (TPSA) is 26.8 Å². The predicted octanol–water partition coefficient (Wildman–Crippen LogP) is 0.633. The first kappa shape index (κ1) is 12.8. The van der Waals surface area contributed by atoms with Crippen molar-refractivity contribution in [3.05, 3.63) is 0 Å². The number of hydrogen-bond acceptors (Lipinski definition) is 3. The summed E-state index contributed by atoms with van der Waals surface area (Å²) >= 11 is 0. The van der Waals surface area contributed by atoms with Crippen LogP contribution in [0.2, 0.25) is 0 Å². The summed E-state index contributed by atoms with van der Waals surface area (Å²) in [6.07, 6.45) is 3.60. The molecule has 0 radical (unpaired) electrons. The standard InChI is InChI=1S/C13H25N3O/c1-11(17)15-7-4-12(5-8-15)16-9-6-13(10-16)14(2)3/h12-13H,4-10H2,1-3H3. The van der Waals surface area contributed by atoms with E-state index in [1.807, 2.05) is 4.90 Å². The maximum absolute atomic E-state index is 11.3. The van der Waals surface area contributed by atoms with Crippen LogP contribution in [0.3, 0.4) is 0 Å². The second-order valence-corrected chi connectivity index (χ2v) is 5.64. The van der Waals surface area contributed by atoms with Crippen LogP contribution in [0.15, 0.2) is 0 Å². The Bertz CT molecular complexity index is 272. The highest BCUT2D eigenvalue weighted by atomic mass is 16.2. The van der Waals surface area contributed by atoms with Crippen molar-refractivity contribution < 1.29 is 4.79 Å². The van der Waals surface area contributed by atoms with E-state index < -0.39 is 0 Å². The van der Waals surface area contributed by atoms with Gasteiger partial charge in [-0.15, -0.1) is 0 Å². The number of hydrogen-bond donors (Lipinski definition) is 0. The molecule has 2 aliphatic heterocycles. The number of carbonyl (C=O) groups is 1. The molecule has 1 atom stereocenters. The Morgan fingerprint density at radius 3 is 2.24 bits per heavy atom. The van der Waals surface area contributed by atoms with Crippen LogP contribution < -0.4 is 0 Å². The zero-order valence-corrected chi connectivity index (χ0v) is 11.4. The van der Waals surface area contributed by atoms with Gasteiger partial charge < -0.3 is 9.80 Å². The Hall–Kier alpha value is -0.610. The maximum atomic E-state index is 11.3. The van der Waals surface area contributed by atoms with E-state index >= 15 is 0 Å². The van der Waals surface area contributed by atoms with Crippen LogP contribution in [-0.2, 0) is 4.79 Å². The molecule has 1 unspecified atom stereocenters. The molecule has 2 aliphatic rings. The van der Waals surface area contributed by atoms with Crippen molar-refractivity contribution in [3.8, 4) is 0 Å². The Labute approximate surface area is 105 Å². The molecule has 0 aromatic carbocycles. The van der Waals surface area contributed by atoms with Crippen LogP contribution >= 0.6 is 0 Å². The molecule has 0 saturated carbocycles. The highest BCUT2D eigenvalue weighted by Crippen LogP contribution is 2.22. The number of rotatable bonds is 2. The lowest BCUT2D eigenvalue weighted by atomic mass is 10.0. The monoisotopic (exact) mass is 239 g/mol. The Balaban J connectivity index is 1.80. The largest absolute Gasteiger partial charge is 0.343 e. The molecule has 0 aromatic rings. The first-order chi connectivity index (χ1) is 8.08. The van der Waals surface area contributed by atoms with Gasteiger partial charge in [0.1, 0.15) is 0 Å². The Morgan fingerprint density at radius 2 is 1.76 bits per heavy atom. The molecule has 98 valence electrons. The molecule has 0 aliphatic carbocycles. The van der Waals surface area contributed by atoms with Crippen molar-refractivity contribution in [1.29, 1.82) is 0 Å². The van der Waals surface area contributed by atoms with Crippen LogP contribution in [0.25, 0.3) is 0 Å². The van der Waals surface area contributed by atoms with Gasteiger partial charge in [0.15, 0.2) is 0 Å². The maximum Gasteiger partial charge on any atom is 0.219 e. The molecule has 0 aromatic heterocycles. The molecule has 2 fully saturated rings. The fraction of sp³-hybridized carbons (Fsp3) is 0.923. The van der Waals surface area contributed by atoms with Gasteiger partial charge >= 0.3 is 0 Å². The molecule has 0 bridgehead atoms. The summed E-state index contributed by atoms with van der Waals surface area (Å²) in [4.78, 5) is 18.2. The van der Waals surface area contributed by atoms with Gasteiger partial charge in [0.2, 0.25) is 5.91 Å². The van der Waals surface area contributed by atoms with E-state index in [2.05, 4.69) is 23.9 Å². The van der Waals surface area contributed by atoms with E-state index in [1.54, 1.807) is 6.92 Å². The van der Waals surface area contributed by atoms with Gasteiger partial charge in [-0.05, 0) is 33.4 Å². The second-order valence-electron chi connectivity index (χ2n) is 5.64. The van der Waals surface area contributed by atoms with Crippen molar-refractivity contribution in [1.82, 2.24) is 14.7 Å². The first-order valence-corrected chi connectivity index (χ1v) is 6.74. The van der Waals surface area contributed by atoms with E-state index in [1.165, 1.54) is 19.5 Å². The summed E-state index contributed by atoms with van der Waals surface area (Å²) in [5.41, 5.74) is 0. The number of likely N-dealkylation sites (N-methyl/N-ethyl adjacent to an activating group) is 1. The molecule has 4 nitrogen and oxygen atoms in total. The molecule has 1 amide bonds. The normalized spacial score (nSPS) is 28.0. The SMILES string of the molecule is CC(=O)N1CCC(N2CCC(N(C)C)C2)CC1. The first-order valence-electron chi connectivity index (χ1n) is 6.74. The molecule has 2 heterocycles. The third-order valence-electron chi connectivity index (χ3n) is 4.35. The molecule has 2 saturated heterocycles. The van der Waals surface area contributed by atoms with E-state index in [9.17, 15) is 4.79 Å². The molecule has 4 heteroatoms. The number of piperidine rings is 1. The summed E-state index contributed by atoms with van der Waals surface area (Å²) in [6, 6.07) is 1.43. The number of carbonyl (C=O) groups excluding carboxylic acids is 1. The van der Waals surface area contributed by atoms with Crippen molar-refractivity contribution in [2.24, 2.45) is 0 Å². The molecular weight excluding hydrogens is 214 g/mol. The van der Waals surface area contributed by atoms with Gasteiger partial charge in [0.25, 0.3) is 0 Å². The smallest absolute Gasteiger partial charge is 0.219 e. The van der Waals surface area contributed by atoms with Crippen molar-refractivity contribution >= 4 is 5.91 Å². The highest BCUT2D eigenvalue weighted by molar-refractivity contribution is 5.73. The average Bonchev–Trinajstić information content (AvgIpc) is 2.78. The van der Waals surface area contributed by atoms with E-state index in [-0.39, 0.29) is 5.91 Å². The van der Waals surface area contributed by atoms with Gasteiger partial charge in [0.05, 0.1) is 0 Å². The van der Waals surface area contributed by atoms with Crippen molar-refractivity contribution in [2.75, 3.05) is 40.3 Å². The average molecular weight is 239 g/mol. The van der Waals surface area contributed by atoms with E-state index in [0.29, 0.717) is 6.04 Å². The van der Waals surface area contributed by atoms with Gasteiger partial charge in [-0.25, -0.2) is 0 Å². The Kier molecular flexibility index (Phi) is 4.05. The number of amides is 1. The van der Waals surface area contributed by atoms with Gasteiger partial charge in [-0.3, -0.25) is 9.69 Å². The van der Waals surface area contributed by atoms with Gasteiger partial charge in [0, 0.05) is 45.2 Å². The third-order valence-corrected chi connectivity index (χ3v) is 4.35. The van der Waals surface area contributed by atoms with Crippen molar-refractivity contribution in [3.63, 3.8) is 0 Å². The lowest BCUT2D eigenvalue weighted by Gasteiger charge is -2.36. The lowest BCUT2D eigenvalue weighted by molar-refractivity contribution is -0.130. The van der Waals surface area contributed by atoms with Gasteiger partial charge in [-0.1, -0.05) is 0 Å². The zero-order valence-electron chi connectivity index (χ0n) is 11.4. The molecule has 0 spiro atoms. The summed E-state index contributed by atoms with van der Waals surface area (Å²) in [5.74, 6) is 0.232. The summed E-state index contributed by atoms with van der Waals surface area (Å²) in [7, 11) is 4.35. The lowest BCUT2D eigenvalue weighted by Crippen LogP contribution is -2.46. The molecule has 0 N–H and O–H groups in total. The van der Waals surface area contributed by atoms with E-state index in [4.69, 9.17) is 0 Å². The minimum Gasteiger partial charge on any atom is -0.343 e. The number of likely N-dealkylation sites (tertiary alicyclic amines) is 2. The second kappa shape index (κ2) is 5.36. The van der Waals surface area contributed by atoms with E-state index in [0.717, 1.165) is 32.0 Å². The summed E-state index contributed by atoms with van der Waals surface area (Å²) in [6.45, 7) is 6.01. The molecule has 2 rings (SSSR count). The van der Waals surface area contributed by atoms with Crippen LogP contribution in [0.4, 0.5) is 0 Å². The predicted molar refractivity (Wildman–Crippen MR) is 68.9 cm³/mol. The minimum atomic E-state index is 0.232. The van der Waals surface area contributed by atoms with Crippen LogP contribution in [0, 0.1) is 0 Å². The minimum absolute atomic E-state index is 0.232.